The Labute approximate surface area is 271 Å². The predicted octanol–water partition coefficient (Wildman–Crippen LogP) is 6.09. The summed E-state index contributed by atoms with van der Waals surface area (Å²) in [6.07, 6.45) is 6.92. The molecule has 0 aliphatic rings. The van der Waals surface area contributed by atoms with Gasteiger partial charge in [-0.2, -0.15) is 0 Å². The van der Waals surface area contributed by atoms with Gasteiger partial charge in [-0.05, 0) is 79.9 Å². The summed E-state index contributed by atoms with van der Waals surface area (Å²) in [4.78, 5) is 35.3. The second-order valence-electron chi connectivity index (χ2n) is 10.2. The highest BCUT2D eigenvalue weighted by atomic mass is 35.5. The third-order valence-electron chi connectivity index (χ3n) is 6.57. The van der Waals surface area contributed by atoms with Crippen LogP contribution in [-0.2, 0) is 21.4 Å². The molecule has 0 spiro atoms. The fourth-order valence-electron chi connectivity index (χ4n) is 4.33. The molecule has 1 unspecified atom stereocenters. The minimum absolute atomic E-state index is 0.0482. The molecule has 0 aliphatic carbocycles. The van der Waals surface area contributed by atoms with Crippen LogP contribution in [0, 0.1) is 0 Å². The van der Waals surface area contributed by atoms with E-state index in [9.17, 15) is 23.1 Å². The number of rotatable bonds is 13. The predicted molar refractivity (Wildman–Crippen MR) is 175 cm³/mol. The zero-order chi connectivity index (χ0) is 32.6. The topological polar surface area (TPSA) is 142 Å². The standard InChI is InChI=1S/C32H31Cl2N5O5S/c1-21(2)39(32-35-15-4-16-36-32)27-13-9-22(10-14-27)5-3-6-29(31(41)42)38-30(40)24-11-7-23(8-12-24)20-37-45(43,44)28-18-25(33)17-26(34)19-28/h3-5,7-19,21,29,37H,6,20H2,1-2H3,(H,38,40)(H,41,42). The molecule has 13 heteroatoms. The van der Waals surface area contributed by atoms with Gasteiger partial charge in [-0.25, -0.2) is 27.9 Å². The number of hydrogen-bond donors (Lipinski definition) is 3. The number of benzene rings is 3. The molecule has 0 fully saturated rings. The largest absolute Gasteiger partial charge is 0.480 e. The molecule has 1 heterocycles. The average Bonchev–Trinajstić information content (AvgIpc) is 3.00. The Balaban J connectivity index is 1.33. The van der Waals surface area contributed by atoms with Gasteiger partial charge in [0.05, 0.1) is 4.90 Å². The number of carbonyl (C=O) groups is 2. The monoisotopic (exact) mass is 667 g/mol. The molecule has 3 aromatic carbocycles. The van der Waals surface area contributed by atoms with Gasteiger partial charge in [-0.3, -0.25) is 4.79 Å². The summed E-state index contributed by atoms with van der Waals surface area (Å²) in [5.41, 5.74) is 2.58. The number of carboxylic acid groups (broad SMARTS) is 1. The van der Waals surface area contributed by atoms with Crippen LogP contribution in [0.2, 0.25) is 10.0 Å². The Kier molecular flexibility index (Phi) is 11.3. The molecule has 0 radical (unpaired) electrons. The Morgan fingerprint density at radius 2 is 1.58 bits per heavy atom. The number of nitrogens with one attached hydrogen (secondary N) is 2. The number of nitrogens with zero attached hydrogens (tertiary/aromatic N) is 3. The first-order valence-corrected chi connectivity index (χ1v) is 16.1. The molecule has 4 aromatic rings. The maximum Gasteiger partial charge on any atom is 0.326 e. The molecular weight excluding hydrogens is 637 g/mol. The smallest absolute Gasteiger partial charge is 0.326 e. The van der Waals surface area contributed by atoms with Crippen molar-refractivity contribution in [1.29, 1.82) is 0 Å². The van der Waals surface area contributed by atoms with E-state index >= 15 is 0 Å². The number of sulfonamides is 1. The van der Waals surface area contributed by atoms with Crippen LogP contribution in [0.3, 0.4) is 0 Å². The third kappa shape index (κ3) is 9.35. The van der Waals surface area contributed by atoms with E-state index in [-0.39, 0.29) is 39.5 Å². The van der Waals surface area contributed by atoms with E-state index in [0.29, 0.717) is 11.5 Å². The van der Waals surface area contributed by atoms with Crippen LogP contribution in [-0.4, -0.2) is 47.5 Å². The van der Waals surface area contributed by atoms with Crippen molar-refractivity contribution in [2.45, 2.75) is 43.8 Å². The highest BCUT2D eigenvalue weighted by Gasteiger charge is 2.20. The van der Waals surface area contributed by atoms with Crippen LogP contribution in [0.1, 0.15) is 41.8 Å². The summed E-state index contributed by atoms with van der Waals surface area (Å²) in [5, 5.41) is 12.6. The Bertz CT molecular complexity index is 1750. The van der Waals surface area contributed by atoms with Gasteiger partial charge in [0.2, 0.25) is 16.0 Å². The molecule has 1 aromatic heterocycles. The van der Waals surface area contributed by atoms with Crippen LogP contribution in [0.4, 0.5) is 11.6 Å². The van der Waals surface area contributed by atoms with Gasteiger partial charge in [-0.15, -0.1) is 0 Å². The fourth-order valence-corrected chi connectivity index (χ4v) is 6.07. The van der Waals surface area contributed by atoms with Gasteiger partial charge in [0.25, 0.3) is 5.91 Å². The molecule has 4 rings (SSSR count). The molecule has 10 nitrogen and oxygen atoms in total. The van der Waals surface area contributed by atoms with Gasteiger partial charge >= 0.3 is 5.97 Å². The molecule has 1 amide bonds. The van der Waals surface area contributed by atoms with Gasteiger partial charge in [0, 0.05) is 46.3 Å². The van der Waals surface area contributed by atoms with Gasteiger partial charge < -0.3 is 15.3 Å². The highest BCUT2D eigenvalue weighted by molar-refractivity contribution is 7.89. The molecule has 1 atom stereocenters. The van der Waals surface area contributed by atoms with Crippen LogP contribution >= 0.6 is 23.2 Å². The number of anilines is 2. The van der Waals surface area contributed by atoms with Gasteiger partial charge in [-0.1, -0.05) is 59.6 Å². The van der Waals surface area contributed by atoms with Crippen molar-refractivity contribution in [3.05, 3.63) is 118 Å². The Morgan fingerprint density at radius 1 is 0.956 bits per heavy atom. The number of halogens is 2. The lowest BCUT2D eigenvalue weighted by atomic mass is 10.1. The number of amides is 1. The Hall–Kier alpha value is -4.29. The van der Waals surface area contributed by atoms with Crippen LogP contribution in [0.15, 0.2) is 96.2 Å². The first kappa shape index (κ1) is 33.6. The second kappa shape index (κ2) is 15.1. The lowest BCUT2D eigenvalue weighted by Gasteiger charge is -2.26. The minimum atomic E-state index is -3.88. The van der Waals surface area contributed by atoms with E-state index in [1.54, 1.807) is 42.7 Å². The number of aliphatic carboxylic acids is 1. The van der Waals surface area contributed by atoms with Crippen molar-refractivity contribution in [3.8, 4) is 0 Å². The summed E-state index contributed by atoms with van der Waals surface area (Å²) >= 11 is 11.8. The normalized spacial score (nSPS) is 12.3. The van der Waals surface area contributed by atoms with Gasteiger partial charge in [0.15, 0.2) is 0 Å². The van der Waals surface area contributed by atoms with Crippen LogP contribution in [0.5, 0.6) is 0 Å². The molecular formula is C32H31Cl2N5O5S. The molecule has 0 saturated carbocycles. The first-order chi connectivity index (χ1) is 21.4. The number of hydrogen-bond acceptors (Lipinski definition) is 7. The van der Waals surface area contributed by atoms with E-state index in [0.717, 1.165) is 11.3 Å². The van der Waals surface area contributed by atoms with E-state index in [1.807, 2.05) is 43.0 Å². The molecule has 3 N–H and O–H groups in total. The number of aromatic nitrogens is 2. The Morgan fingerprint density at radius 3 is 2.16 bits per heavy atom. The fraction of sp³-hybridized carbons (Fsp3) is 0.188. The van der Waals surface area contributed by atoms with Crippen LogP contribution in [0.25, 0.3) is 6.08 Å². The minimum Gasteiger partial charge on any atom is -0.480 e. The lowest BCUT2D eigenvalue weighted by Crippen LogP contribution is -2.40. The molecule has 0 bridgehead atoms. The number of carboxylic acids is 1. The van der Waals surface area contributed by atoms with E-state index in [2.05, 4.69) is 20.0 Å². The van der Waals surface area contributed by atoms with Crippen molar-refractivity contribution >= 4 is 62.8 Å². The molecule has 45 heavy (non-hydrogen) atoms. The van der Waals surface area contributed by atoms with E-state index < -0.39 is 27.9 Å². The summed E-state index contributed by atoms with van der Waals surface area (Å²) in [6, 6.07) is 18.6. The van der Waals surface area contributed by atoms with Crippen molar-refractivity contribution in [2.75, 3.05) is 4.90 Å². The maximum atomic E-state index is 12.8. The van der Waals surface area contributed by atoms with E-state index in [1.165, 1.54) is 30.3 Å². The third-order valence-corrected chi connectivity index (χ3v) is 8.39. The summed E-state index contributed by atoms with van der Waals surface area (Å²) in [6.45, 7) is 4.04. The molecule has 234 valence electrons. The van der Waals surface area contributed by atoms with Crippen molar-refractivity contribution < 1.29 is 23.1 Å². The lowest BCUT2D eigenvalue weighted by molar-refractivity contribution is -0.139. The maximum absolute atomic E-state index is 12.8. The highest BCUT2D eigenvalue weighted by Crippen LogP contribution is 2.25. The first-order valence-electron chi connectivity index (χ1n) is 13.8. The quantitative estimate of drug-likeness (QED) is 0.155. The zero-order valence-electron chi connectivity index (χ0n) is 24.4. The van der Waals surface area contributed by atoms with Crippen molar-refractivity contribution in [1.82, 2.24) is 20.0 Å². The molecule has 0 aliphatic heterocycles. The summed E-state index contributed by atoms with van der Waals surface area (Å²) in [5.74, 6) is -1.15. The van der Waals surface area contributed by atoms with Gasteiger partial charge in [0.1, 0.15) is 6.04 Å². The van der Waals surface area contributed by atoms with Crippen molar-refractivity contribution in [2.24, 2.45) is 0 Å². The average molecular weight is 669 g/mol. The van der Waals surface area contributed by atoms with Crippen molar-refractivity contribution in [3.63, 3.8) is 0 Å². The number of carbonyl (C=O) groups excluding carboxylic acids is 1. The SMILES string of the molecule is CC(C)N(c1ccc(C=CCC(NC(=O)c2ccc(CNS(=O)(=O)c3cc(Cl)cc(Cl)c3)cc2)C(=O)O)cc1)c1ncccn1. The zero-order valence-corrected chi connectivity index (χ0v) is 26.7. The second-order valence-corrected chi connectivity index (χ2v) is 12.9. The molecule has 0 saturated heterocycles. The van der Waals surface area contributed by atoms with E-state index in [4.69, 9.17) is 23.2 Å². The van der Waals surface area contributed by atoms with Crippen LogP contribution < -0.4 is 14.9 Å². The summed E-state index contributed by atoms with van der Waals surface area (Å²) < 4.78 is 27.7. The summed E-state index contributed by atoms with van der Waals surface area (Å²) in [7, 11) is -3.88.